The molecule has 0 amide bonds. The maximum absolute atomic E-state index is 2.49. The predicted octanol–water partition coefficient (Wildman–Crippen LogP) is 5.61. The first-order valence-electron chi connectivity index (χ1n) is 9.67. The summed E-state index contributed by atoms with van der Waals surface area (Å²) in [7, 11) is 2.21. The molecule has 1 aromatic carbocycles. The van der Waals surface area contributed by atoms with E-state index >= 15 is 0 Å². The average molecular weight is 342 g/mol. The van der Waals surface area contributed by atoms with E-state index in [4.69, 9.17) is 0 Å². The highest BCUT2D eigenvalue weighted by molar-refractivity contribution is 5.77. The van der Waals surface area contributed by atoms with Crippen LogP contribution in [-0.4, -0.2) is 4.68 Å². The van der Waals surface area contributed by atoms with Crippen LogP contribution in [0, 0.1) is 47.5 Å². The maximum Gasteiger partial charge on any atom is 0.216 e. The highest BCUT2D eigenvalue weighted by Crippen LogP contribution is 2.38. The molecule has 2 nitrogen and oxygen atoms in total. The maximum atomic E-state index is 2.49. The van der Waals surface area contributed by atoms with Crippen LogP contribution in [0.25, 0.3) is 11.1 Å². The van der Waals surface area contributed by atoms with Gasteiger partial charge in [-0.3, -0.25) is 0 Å². The molecular formula is C23H37N2+. The van der Waals surface area contributed by atoms with E-state index in [0.29, 0.717) is 12.0 Å². The van der Waals surface area contributed by atoms with Crippen molar-refractivity contribution < 1.29 is 4.68 Å². The molecule has 0 aliphatic heterocycles. The van der Waals surface area contributed by atoms with E-state index in [-0.39, 0.29) is 0 Å². The van der Waals surface area contributed by atoms with Crippen molar-refractivity contribution >= 4 is 0 Å². The third-order valence-electron chi connectivity index (χ3n) is 6.08. The Bertz CT molecular complexity index is 775. The van der Waals surface area contributed by atoms with Crippen molar-refractivity contribution in [2.75, 3.05) is 0 Å². The van der Waals surface area contributed by atoms with Crippen molar-refractivity contribution in [2.45, 2.75) is 81.7 Å². The van der Waals surface area contributed by atoms with E-state index in [1.165, 1.54) is 50.3 Å². The summed E-state index contributed by atoms with van der Waals surface area (Å²) in [5.74, 6) is 0.638. The fourth-order valence-electron chi connectivity index (χ4n) is 4.27. The van der Waals surface area contributed by atoms with Gasteiger partial charge in [-0.05, 0) is 94.7 Å². The average Bonchev–Trinajstić information content (AvgIpc) is 2.75. The molecule has 0 radical (unpaired) electrons. The fraction of sp³-hybridized carbons (Fsp3) is 0.609. The standard InChI is InChI=1S/C23H37N2/c1-13(2)12-21-23(20(10)24(11)25(21)14(3)4)22-18(8)16(6)15(5)17(7)19(22)9/h13-14H,12H2,1-11H3/q+1. The smallest absolute Gasteiger partial charge is 0.160 e. The molecule has 0 saturated carbocycles. The lowest BCUT2D eigenvalue weighted by Crippen LogP contribution is -2.47. The van der Waals surface area contributed by atoms with E-state index in [2.05, 4.69) is 85.6 Å². The zero-order valence-electron chi connectivity index (χ0n) is 18.3. The van der Waals surface area contributed by atoms with E-state index in [9.17, 15) is 0 Å². The normalized spacial score (nSPS) is 11.9. The quantitative estimate of drug-likeness (QED) is 0.639. The SMILES string of the molecule is Cc1c(C)c(C)c(-c2c(C)n(C)[n+](C(C)C)c2CC(C)C)c(C)c1C. The van der Waals surface area contributed by atoms with Crippen LogP contribution in [0.4, 0.5) is 0 Å². The number of hydrogen-bond donors (Lipinski definition) is 0. The second-order valence-corrected chi connectivity index (χ2v) is 8.47. The molecular weight excluding hydrogens is 304 g/mol. The molecule has 0 saturated heterocycles. The van der Waals surface area contributed by atoms with Gasteiger partial charge >= 0.3 is 0 Å². The zero-order valence-corrected chi connectivity index (χ0v) is 18.3. The van der Waals surface area contributed by atoms with Gasteiger partial charge in [-0.1, -0.05) is 13.8 Å². The summed E-state index contributed by atoms with van der Waals surface area (Å²) in [4.78, 5) is 0. The molecule has 2 heteroatoms. The number of aromatic nitrogens is 2. The van der Waals surface area contributed by atoms with Gasteiger partial charge < -0.3 is 0 Å². The topological polar surface area (TPSA) is 8.81 Å². The molecule has 0 fully saturated rings. The molecule has 138 valence electrons. The molecule has 0 unspecified atom stereocenters. The molecule has 0 aliphatic carbocycles. The lowest BCUT2D eigenvalue weighted by Gasteiger charge is -2.19. The molecule has 2 rings (SSSR count). The molecule has 2 aromatic rings. The molecule has 0 N–H and O–H groups in total. The minimum Gasteiger partial charge on any atom is -0.160 e. The van der Waals surface area contributed by atoms with Crippen LogP contribution < -0.4 is 4.68 Å². The highest BCUT2D eigenvalue weighted by atomic mass is 15.4. The highest BCUT2D eigenvalue weighted by Gasteiger charge is 2.31. The second kappa shape index (κ2) is 6.97. The minimum atomic E-state index is 0.458. The Labute approximate surface area is 154 Å². The van der Waals surface area contributed by atoms with E-state index in [1.54, 1.807) is 0 Å². The van der Waals surface area contributed by atoms with Gasteiger partial charge in [-0.15, -0.1) is 4.68 Å². The Morgan fingerprint density at radius 2 is 1.16 bits per heavy atom. The first kappa shape index (κ1) is 19.8. The van der Waals surface area contributed by atoms with Crippen molar-refractivity contribution in [3.63, 3.8) is 0 Å². The Morgan fingerprint density at radius 1 is 0.720 bits per heavy atom. The molecule has 0 bridgehead atoms. The Hall–Kier alpha value is -1.57. The number of hydrogen-bond acceptors (Lipinski definition) is 0. The van der Waals surface area contributed by atoms with E-state index in [1.807, 2.05) is 0 Å². The van der Waals surface area contributed by atoms with Crippen LogP contribution in [0.5, 0.6) is 0 Å². The number of nitrogens with zero attached hydrogens (tertiary/aromatic N) is 2. The van der Waals surface area contributed by atoms with Gasteiger partial charge in [0, 0.05) is 6.42 Å². The molecule has 0 atom stereocenters. The first-order valence-corrected chi connectivity index (χ1v) is 9.67. The molecule has 25 heavy (non-hydrogen) atoms. The second-order valence-electron chi connectivity index (χ2n) is 8.47. The summed E-state index contributed by atoms with van der Waals surface area (Å²) in [6.45, 7) is 22.9. The summed E-state index contributed by atoms with van der Waals surface area (Å²) in [6, 6.07) is 0.458. The third-order valence-corrected chi connectivity index (χ3v) is 6.08. The largest absolute Gasteiger partial charge is 0.216 e. The van der Waals surface area contributed by atoms with Crippen LogP contribution in [0.2, 0.25) is 0 Å². The summed E-state index contributed by atoms with van der Waals surface area (Å²) in [6.07, 6.45) is 1.11. The molecule has 1 heterocycles. The van der Waals surface area contributed by atoms with Crippen LogP contribution in [0.15, 0.2) is 0 Å². The van der Waals surface area contributed by atoms with Crippen LogP contribution in [0.1, 0.15) is 72.9 Å². The number of benzene rings is 1. The van der Waals surface area contributed by atoms with Crippen molar-refractivity contribution in [1.82, 2.24) is 4.68 Å². The molecule has 1 aromatic heterocycles. The summed E-state index contributed by atoms with van der Waals surface area (Å²) in [5, 5.41) is 0. The lowest BCUT2D eigenvalue weighted by atomic mass is 9.84. The van der Waals surface area contributed by atoms with Gasteiger partial charge in [-0.2, -0.15) is 4.68 Å². The third kappa shape index (κ3) is 3.16. The van der Waals surface area contributed by atoms with Crippen molar-refractivity contribution in [3.8, 4) is 11.1 Å². The Kier molecular flexibility index (Phi) is 5.51. The lowest BCUT2D eigenvalue weighted by molar-refractivity contribution is -0.796. The minimum absolute atomic E-state index is 0.458. The Morgan fingerprint density at radius 3 is 1.56 bits per heavy atom. The van der Waals surface area contributed by atoms with Gasteiger partial charge in [0.15, 0.2) is 6.04 Å². The van der Waals surface area contributed by atoms with E-state index < -0.39 is 0 Å². The van der Waals surface area contributed by atoms with Crippen LogP contribution in [-0.2, 0) is 13.5 Å². The van der Waals surface area contributed by atoms with Gasteiger partial charge in [0.1, 0.15) is 0 Å². The summed E-state index contributed by atoms with van der Waals surface area (Å²) >= 11 is 0. The van der Waals surface area contributed by atoms with Gasteiger partial charge in [0.25, 0.3) is 0 Å². The molecule has 0 spiro atoms. The van der Waals surface area contributed by atoms with Crippen molar-refractivity contribution in [1.29, 1.82) is 0 Å². The monoisotopic (exact) mass is 341 g/mol. The van der Waals surface area contributed by atoms with Crippen LogP contribution in [0.3, 0.4) is 0 Å². The summed E-state index contributed by atoms with van der Waals surface area (Å²) < 4.78 is 4.86. The van der Waals surface area contributed by atoms with Gasteiger partial charge in [-0.25, -0.2) is 0 Å². The number of rotatable bonds is 4. The Balaban J connectivity index is 2.96. The first-order chi connectivity index (χ1) is 11.5. The zero-order chi connectivity index (χ0) is 19.2. The van der Waals surface area contributed by atoms with E-state index in [0.717, 1.165) is 6.42 Å². The predicted molar refractivity (Wildman–Crippen MR) is 108 cm³/mol. The van der Waals surface area contributed by atoms with Crippen molar-refractivity contribution in [3.05, 3.63) is 39.2 Å². The van der Waals surface area contributed by atoms with Gasteiger partial charge in [0.05, 0.1) is 18.3 Å². The van der Waals surface area contributed by atoms with Crippen molar-refractivity contribution in [2.24, 2.45) is 13.0 Å². The van der Waals surface area contributed by atoms with Gasteiger partial charge in [0.2, 0.25) is 5.69 Å². The van der Waals surface area contributed by atoms with Crippen LogP contribution >= 0.6 is 0 Å². The fourth-order valence-corrected chi connectivity index (χ4v) is 4.27. The molecule has 0 aliphatic rings. The summed E-state index contributed by atoms with van der Waals surface area (Å²) in [5.41, 5.74) is 13.0.